The van der Waals surface area contributed by atoms with Gasteiger partial charge < -0.3 is 9.97 Å². The number of aromatic amines is 2. The largest absolute Gasteiger partial charge is 0.354 e. The maximum atomic E-state index is 6.05. The van der Waals surface area contributed by atoms with Crippen molar-refractivity contribution in [1.29, 1.82) is 0 Å². The average molecular weight is 1080 g/mol. The zero-order chi connectivity index (χ0) is 58.5. The van der Waals surface area contributed by atoms with E-state index >= 15 is 0 Å². The summed E-state index contributed by atoms with van der Waals surface area (Å²) < 4.78 is 0. The molecule has 80 heavy (non-hydrogen) atoms. The highest BCUT2D eigenvalue weighted by Gasteiger charge is 2.31. The van der Waals surface area contributed by atoms with Gasteiger partial charge in [-0.2, -0.15) is 0 Å². The Morgan fingerprint density at radius 3 is 0.950 bits per heavy atom. The quantitative estimate of drug-likeness (QED) is 0.0679. The van der Waals surface area contributed by atoms with E-state index in [4.69, 9.17) is 9.97 Å². The van der Waals surface area contributed by atoms with Crippen molar-refractivity contribution < 1.29 is 0 Å². The molecule has 434 valence electrons. The Morgan fingerprint density at radius 1 is 0.350 bits per heavy atom. The van der Waals surface area contributed by atoms with E-state index in [1.165, 1.54) is 188 Å². The molecule has 0 fully saturated rings. The van der Waals surface area contributed by atoms with E-state index in [-0.39, 0.29) is 21.7 Å². The number of nitrogens with zero attached hydrogens (tertiary/aromatic N) is 2. The molecule has 7 rings (SSSR count). The molecule has 5 aromatic rings. The summed E-state index contributed by atoms with van der Waals surface area (Å²) in [4.78, 5) is 20.8. The van der Waals surface area contributed by atoms with E-state index in [0.29, 0.717) is 0 Å². The summed E-state index contributed by atoms with van der Waals surface area (Å²) in [6.07, 6.45) is 23.4. The van der Waals surface area contributed by atoms with Crippen molar-refractivity contribution in [2.75, 3.05) is 0 Å². The van der Waals surface area contributed by atoms with Gasteiger partial charge in [0.1, 0.15) is 0 Å². The van der Waals surface area contributed by atoms with Crippen LogP contribution in [0.4, 0.5) is 0 Å². The second-order valence-electron chi connectivity index (χ2n) is 28.8. The summed E-state index contributed by atoms with van der Waals surface area (Å²) >= 11 is 0. The van der Waals surface area contributed by atoms with E-state index in [9.17, 15) is 0 Å². The molecule has 0 unspecified atom stereocenters. The second-order valence-corrected chi connectivity index (χ2v) is 28.8. The number of benzene rings is 2. The first kappa shape index (κ1) is 62.6. The lowest BCUT2D eigenvalue weighted by atomic mass is 9.78. The molecule has 0 saturated heterocycles. The first-order valence-electron chi connectivity index (χ1n) is 32.3. The molecule has 0 aliphatic carbocycles. The Morgan fingerprint density at radius 2 is 0.650 bits per heavy atom. The Balaban J connectivity index is 1.80. The lowest BCUT2D eigenvalue weighted by molar-refractivity contribution is 0.568. The molecule has 2 N–H and O–H groups in total. The van der Waals surface area contributed by atoms with E-state index < -0.39 is 0 Å². The van der Waals surface area contributed by atoms with Crippen LogP contribution < -0.4 is 0 Å². The number of nitrogens with one attached hydrogen (secondary N) is 2. The zero-order valence-electron chi connectivity index (χ0n) is 54.7. The summed E-state index contributed by atoms with van der Waals surface area (Å²) in [6, 6.07) is 20.0. The molecule has 0 atom stereocenters. The summed E-state index contributed by atoms with van der Waals surface area (Å²) in [5.74, 6) is 0. The third-order valence-corrected chi connectivity index (χ3v) is 18.1. The minimum absolute atomic E-state index is 0.0471. The number of H-pyrrole nitrogens is 2. The Hall–Kier alpha value is -4.96. The van der Waals surface area contributed by atoms with Crippen LogP contribution in [0.1, 0.15) is 307 Å². The highest BCUT2D eigenvalue weighted by molar-refractivity contribution is 6.03. The molecule has 5 heterocycles. The third-order valence-electron chi connectivity index (χ3n) is 18.1. The number of aromatic nitrogens is 4. The Bertz CT molecular complexity index is 3010. The third kappa shape index (κ3) is 14.3. The molecular formula is C76H110N4. The van der Waals surface area contributed by atoms with Crippen molar-refractivity contribution in [1.82, 2.24) is 19.9 Å². The monoisotopic (exact) mass is 1080 g/mol. The van der Waals surface area contributed by atoms with Crippen LogP contribution in [0.5, 0.6) is 0 Å². The van der Waals surface area contributed by atoms with Crippen LogP contribution in [0.25, 0.3) is 66.6 Å². The van der Waals surface area contributed by atoms with Gasteiger partial charge in [-0.3, -0.25) is 0 Å². The predicted molar refractivity (Wildman–Crippen MR) is 354 cm³/mol. The lowest BCUT2D eigenvalue weighted by Crippen LogP contribution is -2.16. The number of aryl methyl sites for hydroxylation is 4. The minimum atomic E-state index is -0.0592. The fourth-order valence-electron chi connectivity index (χ4n) is 12.5. The maximum absolute atomic E-state index is 6.05. The molecule has 2 aliphatic heterocycles. The fraction of sp³-hybridized carbons (Fsp3) is 0.579. The van der Waals surface area contributed by atoms with Crippen molar-refractivity contribution in [3.8, 4) is 22.3 Å². The van der Waals surface area contributed by atoms with Crippen molar-refractivity contribution >= 4 is 44.4 Å². The summed E-state index contributed by atoms with van der Waals surface area (Å²) in [5, 5.41) is 0. The standard InChI is InChI=1S/C76H110N4/c1-21-25-29-33-37-59-49(5)69-67(53-41-55(73(9,10)11)45-56(42-53)74(12,13)14)70-51(7)61(39-35-31-27-23-3)65(79-70)48-66-62(40-36-32-28-24-4)52(8)72(80-66)68(54-43-57(75(15,16)17)46-58(44-54)76(18,19)20)71-50(6)60(38-34-30-26-22-2)64(78-71)47-63(59)77-69/h41-48,77,79H,21-40H2,1-20H3. The molecule has 8 bridgehead atoms. The van der Waals surface area contributed by atoms with Gasteiger partial charge in [0.25, 0.3) is 0 Å². The van der Waals surface area contributed by atoms with Gasteiger partial charge in [0.2, 0.25) is 0 Å². The number of fused-ring (bicyclic) bond motifs is 8. The first-order valence-corrected chi connectivity index (χ1v) is 32.3. The van der Waals surface area contributed by atoms with Crippen LogP contribution in [0.3, 0.4) is 0 Å². The van der Waals surface area contributed by atoms with Crippen molar-refractivity contribution in [2.45, 2.75) is 289 Å². The average Bonchev–Trinajstić information content (AvgIpc) is 4.07. The van der Waals surface area contributed by atoms with Gasteiger partial charge in [0.05, 0.1) is 33.8 Å². The van der Waals surface area contributed by atoms with Gasteiger partial charge in [-0.25, -0.2) is 9.97 Å². The zero-order valence-corrected chi connectivity index (χ0v) is 54.7. The summed E-state index contributed by atoms with van der Waals surface area (Å²) in [5.41, 5.74) is 30.4. The number of allylic oxidation sites excluding steroid dienone is 4. The smallest absolute Gasteiger partial charge is 0.0769 e. The highest BCUT2D eigenvalue weighted by Crippen LogP contribution is 2.47. The number of hydrogen-bond donors (Lipinski definition) is 2. The van der Waals surface area contributed by atoms with Crippen molar-refractivity contribution in [2.24, 2.45) is 0 Å². The normalized spacial score (nSPS) is 13.7. The number of hydrogen-bond acceptors (Lipinski definition) is 2. The maximum Gasteiger partial charge on any atom is 0.0769 e. The highest BCUT2D eigenvalue weighted by atomic mass is 14.8. The summed E-state index contributed by atoms with van der Waals surface area (Å²) in [7, 11) is 0. The lowest BCUT2D eigenvalue weighted by Gasteiger charge is -2.26. The number of unbranched alkanes of at least 4 members (excludes halogenated alkanes) is 12. The van der Waals surface area contributed by atoms with Gasteiger partial charge in [-0.15, -0.1) is 0 Å². The topological polar surface area (TPSA) is 57.4 Å². The molecule has 3 aromatic heterocycles. The van der Waals surface area contributed by atoms with Crippen LogP contribution >= 0.6 is 0 Å². The van der Waals surface area contributed by atoms with Crippen LogP contribution in [-0.2, 0) is 34.5 Å². The summed E-state index contributed by atoms with van der Waals surface area (Å²) in [6.45, 7) is 47.4. The predicted octanol–water partition coefficient (Wildman–Crippen LogP) is 23.5. The molecule has 0 amide bonds. The number of rotatable bonds is 22. The molecule has 0 spiro atoms. The minimum Gasteiger partial charge on any atom is -0.354 e. The van der Waals surface area contributed by atoms with Crippen LogP contribution in [0.2, 0.25) is 0 Å². The molecule has 4 nitrogen and oxygen atoms in total. The molecule has 0 radical (unpaired) electrons. The van der Waals surface area contributed by atoms with E-state index in [1.807, 2.05) is 0 Å². The molecule has 2 aliphatic rings. The van der Waals surface area contributed by atoms with Gasteiger partial charge in [-0.05, 0) is 191 Å². The Kier molecular flexibility index (Phi) is 20.4. The molecule has 4 heteroatoms. The van der Waals surface area contributed by atoms with Crippen LogP contribution in [0.15, 0.2) is 48.5 Å². The van der Waals surface area contributed by atoms with Crippen LogP contribution in [-0.4, -0.2) is 19.9 Å². The molecular weight excluding hydrogens is 969 g/mol. The van der Waals surface area contributed by atoms with Gasteiger partial charge in [0, 0.05) is 22.2 Å². The van der Waals surface area contributed by atoms with E-state index in [1.54, 1.807) is 0 Å². The van der Waals surface area contributed by atoms with Gasteiger partial charge in [-0.1, -0.05) is 224 Å². The van der Waals surface area contributed by atoms with Crippen molar-refractivity contribution in [3.63, 3.8) is 0 Å². The van der Waals surface area contributed by atoms with Gasteiger partial charge in [0.15, 0.2) is 0 Å². The van der Waals surface area contributed by atoms with E-state index in [0.717, 1.165) is 74.1 Å². The van der Waals surface area contributed by atoms with Gasteiger partial charge >= 0.3 is 0 Å². The second kappa shape index (κ2) is 26.1. The molecule has 2 aromatic carbocycles. The molecule has 0 saturated carbocycles. The Labute approximate surface area is 488 Å². The first-order chi connectivity index (χ1) is 37.7. The van der Waals surface area contributed by atoms with Crippen molar-refractivity contribution in [3.05, 3.63) is 116 Å². The fourth-order valence-corrected chi connectivity index (χ4v) is 12.5. The van der Waals surface area contributed by atoms with E-state index in [2.05, 4.69) is 197 Å². The SMILES string of the molecule is CCCCCCC1=C(C)c2nc1cc1[nH]c(c(C)c1CCCCCC)c(-c1cc(C(C)(C)C)cc(C(C)(C)C)c1)c1[nH]c(cc3nc(c2-c2cc(C(C)(C)C)cc(C(C)(C)C)c2)C(C)=C3CCCCCC)c(CCCCCC)c1C. The van der Waals surface area contributed by atoms with Crippen LogP contribution in [0, 0.1) is 13.8 Å².